The maximum Gasteiger partial charge on any atom is 0.281 e. The zero-order valence-corrected chi connectivity index (χ0v) is 17.7. The molecule has 8 nitrogen and oxygen atoms in total. The number of aliphatic imine (C=N–C) groups is 1. The summed E-state index contributed by atoms with van der Waals surface area (Å²) in [5.41, 5.74) is 1.46. The minimum absolute atomic E-state index is 0.0449. The van der Waals surface area contributed by atoms with Crippen LogP contribution in [-0.4, -0.2) is 57.1 Å². The van der Waals surface area contributed by atoms with E-state index < -0.39 is 0 Å². The lowest BCUT2D eigenvalue weighted by Crippen LogP contribution is -2.50. The molecule has 2 N–H and O–H groups in total. The topological polar surface area (TPSA) is 86.0 Å². The molecular formula is C21H25ClN6O2. The Morgan fingerprint density at radius 3 is 2.83 bits per heavy atom. The van der Waals surface area contributed by atoms with Gasteiger partial charge in [-0.2, -0.15) is 4.98 Å². The summed E-state index contributed by atoms with van der Waals surface area (Å²) >= 11 is 6.13. The number of amides is 1. The third-order valence-corrected chi connectivity index (χ3v) is 6.37. The van der Waals surface area contributed by atoms with Crippen LogP contribution in [0.25, 0.3) is 0 Å². The molecule has 1 saturated carbocycles. The number of nitrogens with one attached hydrogen (secondary N) is 1. The number of aromatic nitrogens is 2. The molecule has 5 rings (SSSR count). The van der Waals surface area contributed by atoms with Crippen molar-refractivity contribution in [2.45, 2.75) is 45.2 Å². The van der Waals surface area contributed by atoms with Crippen LogP contribution in [0.1, 0.15) is 48.7 Å². The Morgan fingerprint density at radius 2 is 2.10 bits per heavy atom. The lowest BCUT2D eigenvalue weighted by Gasteiger charge is -2.32. The molecule has 1 aromatic heterocycles. The van der Waals surface area contributed by atoms with Gasteiger partial charge in [-0.05, 0) is 37.5 Å². The van der Waals surface area contributed by atoms with Crippen LogP contribution in [0.2, 0.25) is 5.02 Å². The highest BCUT2D eigenvalue weighted by Gasteiger charge is 2.41. The van der Waals surface area contributed by atoms with Crippen molar-refractivity contribution < 1.29 is 9.90 Å². The van der Waals surface area contributed by atoms with Crippen molar-refractivity contribution in [2.24, 2.45) is 4.99 Å². The molecule has 30 heavy (non-hydrogen) atoms. The van der Waals surface area contributed by atoms with Crippen LogP contribution in [0, 0.1) is 0 Å². The first-order valence-corrected chi connectivity index (χ1v) is 10.9. The number of benzene rings is 1. The maximum atomic E-state index is 13.4. The number of rotatable bonds is 5. The normalized spacial score (nSPS) is 18.6. The van der Waals surface area contributed by atoms with Gasteiger partial charge in [-0.3, -0.25) is 24.2 Å². The third-order valence-electron chi connectivity index (χ3n) is 6.07. The number of fused-ring (bicyclic) bond motifs is 3. The average molecular weight is 429 g/mol. The summed E-state index contributed by atoms with van der Waals surface area (Å²) in [5.74, 6) is 2.03. The Hall–Kier alpha value is -2.74. The van der Waals surface area contributed by atoms with Crippen molar-refractivity contribution in [3.63, 3.8) is 0 Å². The number of carbonyl (C=O) groups excluding carboxylic acids is 1. The van der Waals surface area contributed by atoms with Gasteiger partial charge < -0.3 is 10.4 Å². The summed E-state index contributed by atoms with van der Waals surface area (Å²) in [6.07, 6.45) is 4.62. The molecule has 158 valence electrons. The minimum atomic E-state index is -0.0822. The molecule has 1 amide bonds. The summed E-state index contributed by atoms with van der Waals surface area (Å²) in [4.78, 5) is 26.6. The first kappa shape index (κ1) is 19.2. The van der Waals surface area contributed by atoms with Gasteiger partial charge in [0.2, 0.25) is 11.9 Å². The SMILES string of the molecule is CCN1C(=O)c2c(nc(NC3CCCC3)n2Cc2ccc(O)c(Cl)c2)N2CCN=C12. The lowest BCUT2D eigenvalue weighted by molar-refractivity contribution is 0.0836. The molecule has 2 aromatic rings. The quantitative estimate of drug-likeness (QED) is 0.763. The number of nitrogens with zero attached hydrogens (tertiary/aromatic N) is 5. The molecule has 0 unspecified atom stereocenters. The average Bonchev–Trinajstić information content (AvgIpc) is 3.46. The van der Waals surface area contributed by atoms with E-state index in [1.165, 1.54) is 12.8 Å². The molecule has 1 fully saturated rings. The maximum absolute atomic E-state index is 13.4. The summed E-state index contributed by atoms with van der Waals surface area (Å²) in [6, 6.07) is 5.49. The van der Waals surface area contributed by atoms with Gasteiger partial charge in [0.15, 0.2) is 11.5 Å². The minimum Gasteiger partial charge on any atom is -0.506 e. The van der Waals surface area contributed by atoms with Gasteiger partial charge in [-0.15, -0.1) is 0 Å². The number of phenols is 1. The highest BCUT2D eigenvalue weighted by molar-refractivity contribution is 6.32. The molecule has 0 saturated heterocycles. The van der Waals surface area contributed by atoms with E-state index in [2.05, 4.69) is 10.3 Å². The second kappa shape index (κ2) is 7.50. The largest absolute Gasteiger partial charge is 0.506 e. The van der Waals surface area contributed by atoms with Crippen LogP contribution >= 0.6 is 11.6 Å². The zero-order chi connectivity index (χ0) is 20.8. The van der Waals surface area contributed by atoms with Crippen LogP contribution in [-0.2, 0) is 6.54 Å². The second-order valence-corrected chi connectivity index (χ2v) is 8.40. The van der Waals surface area contributed by atoms with Gasteiger partial charge in [0, 0.05) is 19.1 Å². The molecule has 0 radical (unpaired) electrons. The molecule has 1 aliphatic carbocycles. The zero-order valence-electron chi connectivity index (χ0n) is 16.9. The molecule has 3 aliphatic rings. The predicted octanol–water partition coefficient (Wildman–Crippen LogP) is 3.30. The van der Waals surface area contributed by atoms with Gasteiger partial charge in [0.05, 0.1) is 18.1 Å². The van der Waals surface area contributed by atoms with Crippen molar-refractivity contribution in [3.8, 4) is 5.75 Å². The number of guanidine groups is 1. The van der Waals surface area contributed by atoms with Gasteiger partial charge in [0.1, 0.15) is 5.75 Å². The smallest absolute Gasteiger partial charge is 0.281 e. The van der Waals surface area contributed by atoms with Crippen molar-refractivity contribution >= 4 is 35.2 Å². The molecule has 0 bridgehead atoms. The molecule has 1 aromatic carbocycles. The van der Waals surface area contributed by atoms with Crippen molar-refractivity contribution in [2.75, 3.05) is 29.9 Å². The predicted molar refractivity (Wildman–Crippen MR) is 117 cm³/mol. The highest BCUT2D eigenvalue weighted by Crippen LogP contribution is 2.35. The van der Waals surface area contributed by atoms with Crippen molar-refractivity contribution in [3.05, 3.63) is 34.5 Å². The number of carbonyl (C=O) groups is 1. The summed E-state index contributed by atoms with van der Waals surface area (Å²) < 4.78 is 1.95. The summed E-state index contributed by atoms with van der Waals surface area (Å²) in [7, 11) is 0. The fraction of sp³-hybridized carbons (Fsp3) is 0.476. The lowest BCUT2D eigenvalue weighted by atomic mass is 10.2. The molecular weight excluding hydrogens is 404 g/mol. The Bertz CT molecular complexity index is 1030. The van der Waals surface area contributed by atoms with E-state index in [9.17, 15) is 9.90 Å². The molecule has 2 aliphatic heterocycles. The van der Waals surface area contributed by atoms with Crippen LogP contribution in [0.5, 0.6) is 5.75 Å². The number of hydrogen-bond donors (Lipinski definition) is 2. The fourth-order valence-electron chi connectivity index (χ4n) is 4.56. The summed E-state index contributed by atoms with van der Waals surface area (Å²) in [6.45, 7) is 4.32. The number of halogens is 1. The van der Waals surface area contributed by atoms with Crippen LogP contribution in [0.4, 0.5) is 11.8 Å². The monoisotopic (exact) mass is 428 g/mol. The number of anilines is 2. The molecule has 9 heteroatoms. The van der Waals surface area contributed by atoms with E-state index >= 15 is 0 Å². The van der Waals surface area contributed by atoms with E-state index in [0.717, 1.165) is 24.9 Å². The Balaban J connectivity index is 1.60. The molecule has 3 heterocycles. The Labute approximate surface area is 180 Å². The summed E-state index contributed by atoms with van der Waals surface area (Å²) in [5, 5.41) is 13.6. The number of phenolic OH excluding ortho intramolecular Hbond substituents is 1. The van der Waals surface area contributed by atoms with Crippen LogP contribution in [0.15, 0.2) is 23.2 Å². The molecule has 0 atom stereocenters. The van der Waals surface area contributed by atoms with Crippen molar-refractivity contribution in [1.82, 2.24) is 14.5 Å². The Morgan fingerprint density at radius 1 is 1.30 bits per heavy atom. The van der Waals surface area contributed by atoms with E-state index in [-0.39, 0.29) is 11.7 Å². The van der Waals surface area contributed by atoms with Crippen LogP contribution < -0.4 is 10.2 Å². The second-order valence-electron chi connectivity index (χ2n) is 7.99. The Kier molecular flexibility index (Phi) is 4.81. The number of imidazole rings is 1. The number of aromatic hydroxyl groups is 1. The standard InChI is InChI=1S/C21H25ClN6O2/c1-2-26-19(30)17-18(27-10-9-23-21(26)27)25-20(24-14-5-3-4-6-14)28(17)12-13-7-8-16(29)15(22)11-13/h7-8,11,14,29H,2-6,9-10,12H2,1H3,(H,24,25). The first-order valence-electron chi connectivity index (χ1n) is 10.5. The number of hydrogen-bond acceptors (Lipinski definition) is 6. The van der Waals surface area contributed by atoms with E-state index in [1.54, 1.807) is 17.0 Å². The van der Waals surface area contributed by atoms with Crippen LogP contribution in [0.3, 0.4) is 0 Å². The van der Waals surface area contributed by atoms with Gasteiger partial charge >= 0.3 is 0 Å². The molecule has 0 spiro atoms. The third kappa shape index (κ3) is 3.10. The van der Waals surface area contributed by atoms with Gasteiger partial charge in [-0.1, -0.05) is 30.5 Å². The first-order chi connectivity index (χ1) is 14.6. The van der Waals surface area contributed by atoms with Gasteiger partial charge in [0.25, 0.3) is 5.91 Å². The fourth-order valence-corrected chi connectivity index (χ4v) is 4.76. The highest BCUT2D eigenvalue weighted by atomic mass is 35.5. The van der Waals surface area contributed by atoms with Crippen molar-refractivity contribution in [1.29, 1.82) is 0 Å². The van der Waals surface area contributed by atoms with Gasteiger partial charge in [-0.25, -0.2) is 0 Å². The van der Waals surface area contributed by atoms with E-state index in [1.807, 2.05) is 22.5 Å². The van der Waals surface area contributed by atoms with E-state index in [0.29, 0.717) is 54.1 Å². The van der Waals surface area contributed by atoms with E-state index in [4.69, 9.17) is 16.6 Å².